The molecule has 1 fully saturated rings. The number of Topliss-reactive ketones (excluding diaryl/α,β-unsaturated/α-hetero) is 1. The summed E-state index contributed by atoms with van der Waals surface area (Å²) in [5.41, 5.74) is -0.399. The monoisotopic (exact) mass is 280 g/mol. The van der Waals surface area contributed by atoms with Crippen LogP contribution in [0.25, 0.3) is 0 Å². The summed E-state index contributed by atoms with van der Waals surface area (Å²) in [6, 6.07) is 9.59. The Labute approximate surface area is 120 Å². The van der Waals surface area contributed by atoms with Gasteiger partial charge in [0.15, 0.2) is 17.3 Å². The molecule has 6 nitrogen and oxygen atoms in total. The molecule has 21 heavy (non-hydrogen) atoms. The average molecular weight is 280 g/mol. The van der Waals surface area contributed by atoms with Crippen molar-refractivity contribution >= 4 is 23.1 Å². The van der Waals surface area contributed by atoms with Crippen LogP contribution >= 0.6 is 0 Å². The van der Waals surface area contributed by atoms with Gasteiger partial charge < -0.3 is 10.0 Å². The largest absolute Gasteiger partial charge is 0.374 e. The number of hydrogen-bond donors (Lipinski definition) is 1. The van der Waals surface area contributed by atoms with Gasteiger partial charge in [-0.2, -0.15) is 0 Å². The Bertz CT molecular complexity index is 759. The minimum atomic E-state index is -1.58. The zero-order chi connectivity index (χ0) is 14.4. The smallest absolute Gasteiger partial charge is 0.207 e. The van der Waals surface area contributed by atoms with Gasteiger partial charge in [0.1, 0.15) is 6.33 Å². The fourth-order valence-corrected chi connectivity index (χ4v) is 2.84. The van der Waals surface area contributed by atoms with E-state index in [1.54, 1.807) is 0 Å². The van der Waals surface area contributed by atoms with Crippen LogP contribution in [0.2, 0.25) is 0 Å². The second kappa shape index (κ2) is 4.20. The summed E-state index contributed by atoms with van der Waals surface area (Å²) in [4.78, 5) is 26.7. The maximum Gasteiger partial charge on any atom is 0.207 e. The molecule has 0 bridgehead atoms. The number of ketones is 1. The summed E-state index contributed by atoms with van der Waals surface area (Å²) in [7, 11) is 0. The first-order valence-electron chi connectivity index (χ1n) is 6.69. The number of carbonyl (C=O) groups excluding carboxylic acids is 1. The number of rotatable bonds is 1. The van der Waals surface area contributed by atoms with Gasteiger partial charge in [-0.05, 0) is 12.1 Å². The molecule has 1 unspecified atom stereocenters. The van der Waals surface area contributed by atoms with Crippen molar-refractivity contribution < 1.29 is 9.90 Å². The number of carbonyl (C=O) groups is 1. The Morgan fingerprint density at radius 3 is 2.86 bits per heavy atom. The third-order valence-electron chi connectivity index (χ3n) is 3.91. The number of nitrogens with zero attached hydrogens (tertiary/aromatic N) is 4. The van der Waals surface area contributed by atoms with Gasteiger partial charge in [0.2, 0.25) is 5.78 Å². The molecule has 0 spiro atoms. The molecule has 0 amide bonds. The summed E-state index contributed by atoms with van der Waals surface area (Å²) in [6.07, 6.45) is 3.07. The Morgan fingerprint density at radius 2 is 2.05 bits per heavy atom. The number of aromatic nitrogens is 2. The van der Waals surface area contributed by atoms with E-state index in [1.165, 1.54) is 12.5 Å². The van der Waals surface area contributed by atoms with Crippen molar-refractivity contribution in [2.45, 2.75) is 12.0 Å². The van der Waals surface area contributed by atoms with Crippen molar-refractivity contribution in [3.05, 3.63) is 48.4 Å². The lowest BCUT2D eigenvalue weighted by molar-refractivity contribution is 0.0601. The molecule has 104 valence electrons. The van der Waals surface area contributed by atoms with Crippen LogP contribution < -0.4 is 4.90 Å². The minimum Gasteiger partial charge on any atom is -0.374 e. The topological polar surface area (TPSA) is 78.7 Å². The standard InChI is InChI=1S/C15H12N4O2/c20-12-11-8-16-9-17-13(11)18-14-15(12,21)6-7-19(14)10-4-2-1-3-5-10/h1-5,8-9,21H,6-7H2. The molecule has 0 radical (unpaired) electrons. The van der Waals surface area contributed by atoms with Crippen molar-refractivity contribution in [2.24, 2.45) is 4.99 Å². The van der Waals surface area contributed by atoms with Crippen molar-refractivity contribution in [2.75, 3.05) is 11.4 Å². The number of para-hydroxylation sites is 1. The van der Waals surface area contributed by atoms with Crippen molar-refractivity contribution in [1.29, 1.82) is 0 Å². The SMILES string of the molecule is O=C1c2cncnc2N=C2N(c3ccccc3)CCC12O. The van der Waals surface area contributed by atoms with Gasteiger partial charge in [0.25, 0.3) is 0 Å². The second-order valence-corrected chi connectivity index (χ2v) is 5.12. The van der Waals surface area contributed by atoms with Gasteiger partial charge in [0, 0.05) is 24.8 Å². The minimum absolute atomic E-state index is 0.277. The third kappa shape index (κ3) is 1.62. The third-order valence-corrected chi connectivity index (χ3v) is 3.91. The highest BCUT2D eigenvalue weighted by Gasteiger charge is 2.52. The molecular weight excluding hydrogens is 268 g/mol. The number of fused-ring (bicyclic) bond motifs is 2. The zero-order valence-corrected chi connectivity index (χ0v) is 11.1. The number of amidine groups is 1. The van der Waals surface area contributed by atoms with Crippen LogP contribution in [0.4, 0.5) is 11.5 Å². The summed E-state index contributed by atoms with van der Waals surface area (Å²) in [6.45, 7) is 0.534. The maximum absolute atomic E-state index is 12.6. The summed E-state index contributed by atoms with van der Waals surface area (Å²) in [5.74, 6) is 0.295. The predicted octanol–water partition coefficient (Wildman–Crippen LogP) is 1.34. The Hall–Kier alpha value is -2.60. The number of anilines is 1. The Kier molecular flexibility index (Phi) is 2.43. The molecule has 2 aliphatic rings. The number of aliphatic hydroxyl groups is 1. The quantitative estimate of drug-likeness (QED) is 0.853. The number of benzene rings is 1. The number of hydrogen-bond acceptors (Lipinski definition) is 6. The van der Waals surface area contributed by atoms with E-state index in [1.807, 2.05) is 35.2 Å². The maximum atomic E-state index is 12.6. The van der Waals surface area contributed by atoms with Crippen LogP contribution in [-0.2, 0) is 0 Å². The van der Waals surface area contributed by atoms with Crippen LogP contribution in [0.3, 0.4) is 0 Å². The molecule has 1 aromatic heterocycles. The molecule has 1 atom stereocenters. The van der Waals surface area contributed by atoms with E-state index in [2.05, 4.69) is 15.0 Å². The molecule has 2 aliphatic heterocycles. The number of aliphatic imine (C=N–C) groups is 1. The van der Waals surface area contributed by atoms with Crippen molar-refractivity contribution in [3.63, 3.8) is 0 Å². The first-order valence-corrected chi connectivity index (χ1v) is 6.69. The second-order valence-electron chi connectivity index (χ2n) is 5.12. The lowest BCUT2D eigenvalue weighted by Crippen LogP contribution is -2.48. The average Bonchev–Trinajstić information content (AvgIpc) is 2.87. The van der Waals surface area contributed by atoms with Crippen LogP contribution in [-0.4, -0.2) is 38.8 Å². The highest BCUT2D eigenvalue weighted by Crippen LogP contribution is 2.37. The van der Waals surface area contributed by atoms with Gasteiger partial charge in [0.05, 0.1) is 5.56 Å². The molecule has 3 heterocycles. The highest BCUT2D eigenvalue weighted by molar-refractivity contribution is 6.27. The lowest BCUT2D eigenvalue weighted by atomic mass is 9.89. The zero-order valence-electron chi connectivity index (χ0n) is 11.1. The molecule has 1 saturated heterocycles. The van der Waals surface area contributed by atoms with Crippen molar-refractivity contribution in [3.8, 4) is 0 Å². The predicted molar refractivity (Wildman–Crippen MR) is 76.8 cm³/mol. The van der Waals surface area contributed by atoms with Gasteiger partial charge in [-0.15, -0.1) is 0 Å². The molecule has 6 heteroatoms. The molecule has 0 aliphatic carbocycles. The molecule has 1 aromatic carbocycles. The molecule has 1 N–H and O–H groups in total. The fraction of sp³-hybridized carbons (Fsp3) is 0.200. The van der Waals surface area contributed by atoms with Gasteiger partial charge in [-0.3, -0.25) is 4.79 Å². The summed E-state index contributed by atoms with van der Waals surface area (Å²) in [5, 5.41) is 10.8. The molecular formula is C15H12N4O2. The van der Waals surface area contributed by atoms with Crippen LogP contribution in [0, 0.1) is 0 Å². The Morgan fingerprint density at radius 1 is 1.24 bits per heavy atom. The van der Waals surface area contributed by atoms with Gasteiger partial charge >= 0.3 is 0 Å². The van der Waals surface area contributed by atoms with E-state index in [9.17, 15) is 9.90 Å². The van der Waals surface area contributed by atoms with Crippen LogP contribution in [0.5, 0.6) is 0 Å². The van der Waals surface area contributed by atoms with E-state index >= 15 is 0 Å². The van der Waals surface area contributed by atoms with E-state index < -0.39 is 5.60 Å². The van der Waals surface area contributed by atoms with E-state index in [4.69, 9.17) is 0 Å². The molecule has 2 aromatic rings. The van der Waals surface area contributed by atoms with Crippen LogP contribution in [0.1, 0.15) is 16.8 Å². The van der Waals surface area contributed by atoms with Crippen molar-refractivity contribution in [1.82, 2.24) is 9.97 Å². The van der Waals surface area contributed by atoms with E-state index in [0.717, 1.165) is 5.69 Å². The normalized spacial score (nSPS) is 23.6. The first kappa shape index (κ1) is 12.2. The highest BCUT2D eigenvalue weighted by atomic mass is 16.3. The van der Waals surface area contributed by atoms with E-state index in [0.29, 0.717) is 24.6 Å². The Balaban J connectivity index is 1.88. The molecule has 0 saturated carbocycles. The summed E-state index contributed by atoms with van der Waals surface area (Å²) < 4.78 is 0. The van der Waals surface area contributed by atoms with Gasteiger partial charge in [-0.1, -0.05) is 18.2 Å². The molecule has 4 rings (SSSR count). The fourth-order valence-electron chi connectivity index (χ4n) is 2.84. The lowest BCUT2D eigenvalue weighted by Gasteiger charge is -2.28. The van der Waals surface area contributed by atoms with Gasteiger partial charge in [-0.25, -0.2) is 15.0 Å². The summed E-state index contributed by atoms with van der Waals surface area (Å²) >= 11 is 0. The first-order chi connectivity index (χ1) is 10.2. The van der Waals surface area contributed by atoms with E-state index in [-0.39, 0.29) is 11.3 Å². The van der Waals surface area contributed by atoms with Crippen LogP contribution in [0.15, 0.2) is 47.8 Å².